The number of ether oxygens (including phenoxy) is 5. The summed E-state index contributed by atoms with van der Waals surface area (Å²) in [6.07, 6.45) is -6.13. The number of benzene rings is 3. The fourth-order valence-corrected chi connectivity index (χ4v) is 4.23. The van der Waals surface area contributed by atoms with Crippen molar-refractivity contribution in [1.82, 2.24) is 0 Å². The fourth-order valence-electron chi connectivity index (χ4n) is 4.23. The first kappa shape index (κ1) is 29.9. The molecule has 0 radical (unpaired) electrons. The molecule has 42 heavy (non-hydrogen) atoms. The second-order valence-corrected chi connectivity index (χ2v) is 9.26. The van der Waals surface area contributed by atoms with E-state index in [2.05, 4.69) is 11.3 Å². The summed E-state index contributed by atoms with van der Waals surface area (Å²) in [4.78, 5) is 64.6. The maximum Gasteiger partial charge on any atom is 0.338 e. The molecule has 0 amide bonds. The quantitative estimate of drug-likeness (QED) is 0.201. The van der Waals surface area contributed by atoms with Crippen LogP contribution in [-0.2, 0) is 33.3 Å². The van der Waals surface area contributed by atoms with Crippen LogP contribution in [0.15, 0.2) is 103 Å². The van der Waals surface area contributed by atoms with Crippen LogP contribution >= 0.6 is 0 Å². The zero-order chi connectivity index (χ0) is 30.1. The maximum absolute atomic E-state index is 13.7. The lowest BCUT2D eigenvalue weighted by molar-refractivity contribution is -0.188. The predicted molar refractivity (Wildman–Crippen MR) is 147 cm³/mol. The number of methoxy groups -OCH3 is 1. The molecule has 0 bridgehead atoms. The van der Waals surface area contributed by atoms with E-state index in [4.69, 9.17) is 18.9 Å². The molecule has 0 unspecified atom stereocenters. The predicted octanol–water partition coefficient (Wildman–Crippen LogP) is 3.75. The average Bonchev–Trinajstić information content (AvgIpc) is 3.03. The first-order chi connectivity index (χ1) is 20.3. The Morgan fingerprint density at radius 1 is 0.738 bits per heavy atom. The van der Waals surface area contributed by atoms with Gasteiger partial charge in [0, 0.05) is 12.0 Å². The van der Waals surface area contributed by atoms with E-state index in [-0.39, 0.29) is 28.7 Å². The van der Waals surface area contributed by atoms with Crippen molar-refractivity contribution in [3.05, 3.63) is 120 Å². The Bertz CT molecular complexity index is 1440. The number of hydrogen-bond donors (Lipinski definition) is 0. The summed E-state index contributed by atoms with van der Waals surface area (Å²) in [5, 5.41) is 0. The Morgan fingerprint density at radius 2 is 1.21 bits per heavy atom. The molecule has 10 nitrogen and oxygen atoms in total. The second kappa shape index (κ2) is 14.0. The van der Waals surface area contributed by atoms with Crippen molar-refractivity contribution in [2.75, 3.05) is 13.7 Å². The first-order valence-corrected chi connectivity index (χ1v) is 13.0. The van der Waals surface area contributed by atoms with Gasteiger partial charge < -0.3 is 23.7 Å². The Kier molecular flexibility index (Phi) is 9.96. The molecule has 216 valence electrons. The summed E-state index contributed by atoms with van der Waals surface area (Å²) in [7, 11) is 1.16. The van der Waals surface area contributed by atoms with E-state index in [1.807, 2.05) is 0 Å². The lowest BCUT2D eigenvalue weighted by Gasteiger charge is -2.39. The molecule has 1 aliphatic rings. The van der Waals surface area contributed by atoms with Crippen molar-refractivity contribution >= 4 is 29.7 Å². The van der Waals surface area contributed by atoms with Gasteiger partial charge in [-0.1, -0.05) is 61.2 Å². The van der Waals surface area contributed by atoms with Gasteiger partial charge in [-0.2, -0.15) is 0 Å². The van der Waals surface area contributed by atoms with Crippen LogP contribution in [0.1, 0.15) is 37.5 Å². The average molecular weight is 573 g/mol. The number of carbonyl (C=O) groups excluding carboxylic acids is 5. The lowest BCUT2D eigenvalue weighted by Crippen LogP contribution is -2.59. The highest BCUT2D eigenvalue weighted by atomic mass is 16.6. The van der Waals surface area contributed by atoms with Crippen molar-refractivity contribution < 1.29 is 47.7 Å². The smallest absolute Gasteiger partial charge is 0.338 e. The zero-order valence-corrected chi connectivity index (χ0v) is 22.7. The van der Waals surface area contributed by atoms with Gasteiger partial charge in [0.05, 0.1) is 23.8 Å². The molecule has 4 rings (SSSR count). The molecule has 0 N–H and O–H groups in total. The zero-order valence-electron chi connectivity index (χ0n) is 22.7. The van der Waals surface area contributed by atoms with Gasteiger partial charge in [-0.05, 0) is 36.4 Å². The monoisotopic (exact) mass is 572 g/mol. The van der Waals surface area contributed by atoms with Crippen LogP contribution in [0.5, 0.6) is 0 Å². The van der Waals surface area contributed by atoms with Crippen molar-refractivity contribution in [3.63, 3.8) is 0 Å². The van der Waals surface area contributed by atoms with Gasteiger partial charge in [-0.3, -0.25) is 4.79 Å². The minimum Gasteiger partial charge on any atom is -0.466 e. The SMILES string of the molecule is C=C(C[C@H]1O[C@H](COC(=O)c2ccccc2)[C@@H](OC(=O)c2ccccc2)[C@H](OC(=O)c2ccccc2)C1=O)C(=O)OC. The number of rotatable bonds is 10. The van der Waals surface area contributed by atoms with Gasteiger partial charge in [-0.15, -0.1) is 0 Å². The topological polar surface area (TPSA) is 131 Å². The van der Waals surface area contributed by atoms with E-state index in [0.29, 0.717) is 0 Å². The van der Waals surface area contributed by atoms with Crippen LogP contribution in [0.4, 0.5) is 0 Å². The molecule has 1 saturated heterocycles. The minimum atomic E-state index is -1.67. The van der Waals surface area contributed by atoms with Crippen LogP contribution in [0.25, 0.3) is 0 Å². The number of Topliss-reactive ketones (excluding diaryl/α,β-unsaturated/α-hetero) is 1. The highest BCUT2D eigenvalue weighted by Gasteiger charge is 2.50. The highest BCUT2D eigenvalue weighted by molar-refractivity contribution is 5.97. The summed E-state index contributed by atoms with van der Waals surface area (Å²) in [6.45, 7) is 3.17. The molecule has 0 aliphatic carbocycles. The summed E-state index contributed by atoms with van der Waals surface area (Å²) in [6, 6.07) is 24.0. The molecule has 3 aromatic rings. The number of ketones is 1. The first-order valence-electron chi connectivity index (χ1n) is 13.0. The van der Waals surface area contributed by atoms with E-state index in [1.165, 1.54) is 24.3 Å². The third kappa shape index (κ3) is 7.35. The number of carbonyl (C=O) groups is 5. The van der Waals surface area contributed by atoms with Gasteiger partial charge in [-0.25, -0.2) is 19.2 Å². The van der Waals surface area contributed by atoms with Gasteiger partial charge in [0.2, 0.25) is 11.9 Å². The molecular weight excluding hydrogens is 544 g/mol. The molecule has 1 aliphatic heterocycles. The lowest BCUT2D eigenvalue weighted by atomic mass is 9.92. The molecule has 1 heterocycles. The van der Waals surface area contributed by atoms with Gasteiger partial charge in [0.15, 0.2) is 6.10 Å². The molecule has 10 heteroatoms. The normalized spacial score (nSPS) is 19.7. The van der Waals surface area contributed by atoms with Gasteiger partial charge in [0.1, 0.15) is 18.8 Å². The maximum atomic E-state index is 13.7. The molecular formula is C32H28O10. The summed E-state index contributed by atoms with van der Waals surface area (Å²) in [5.41, 5.74) is 0.487. The van der Waals surface area contributed by atoms with Crippen LogP contribution in [0.2, 0.25) is 0 Å². The molecule has 3 aromatic carbocycles. The van der Waals surface area contributed by atoms with Gasteiger partial charge >= 0.3 is 23.9 Å². The fraction of sp³-hybridized carbons (Fsp3) is 0.219. The third-order valence-corrected chi connectivity index (χ3v) is 6.39. The van der Waals surface area contributed by atoms with Crippen LogP contribution in [-0.4, -0.2) is 67.8 Å². The minimum absolute atomic E-state index is 0.0799. The molecule has 1 fully saturated rings. The Morgan fingerprint density at radius 3 is 1.71 bits per heavy atom. The standard InChI is InChI=1S/C32H28O10/c1-20(29(34)38-2)18-24-26(33)28(42-32(37)23-16-10-5-11-17-23)27(41-31(36)22-14-8-4-9-15-22)25(40-24)19-39-30(35)21-12-6-3-7-13-21/h3-17,24-25,27-28H,1,18-19H2,2H3/t24-,25-,27-,28-/m1/s1. The summed E-state index contributed by atoms with van der Waals surface area (Å²) < 4.78 is 27.4. The van der Waals surface area contributed by atoms with Crippen molar-refractivity contribution in [2.45, 2.75) is 30.8 Å². The van der Waals surface area contributed by atoms with Crippen molar-refractivity contribution in [2.24, 2.45) is 0 Å². The van der Waals surface area contributed by atoms with Crippen molar-refractivity contribution in [1.29, 1.82) is 0 Å². The van der Waals surface area contributed by atoms with E-state index in [1.54, 1.807) is 66.7 Å². The molecule has 4 atom stereocenters. The largest absolute Gasteiger partial charge is 0.466 e. The number of hydrogen-bond acceptors (Lipinski definition) is 10. The van der Waals surface area contributed by atoms with Gasteiger partial charge in [0.25, 0.3) is 0 Å². The Hall–Kier alpha value is -5.09. The highest BCUT2D eigenvalue weighted by Crippen LogP contribution is 2.28. The Labute approximate surface area is 241 Å². The van der Waals surface area contributed by atoms with E-state index in [0.717, 1.165) is 7.11 Å². The molecule has 0 aromatic heterocycles. The molecule has 0 spiro atoms. The van der Waals surface area contributed by atoms with Crippen LogP contribution in [0.3, 0.4) is 0 Å². The van der Waals surface area contributed by atoms with Crippen molar-refractivity contribution in [3.8, 4) is 0 Å². The number of esters is 4. The van der Waals surface area contributed by atoms with E-state index in [9.17, 15) is 24.0 Å². The molecule has 0 saturated carbocycles. The van der Waals surface area contributed by atoms with Crippen LogP contribution in [0, 0.1) is 0 Å². The third-order valence-electron chi connectivity index (χ3n) is 6.39. The van der Waals surface area contributed by atoms with Crippen LogP contribution < -0.4 is 0 Å². The summed E-state index contributed by atoms with van der Waals surface area (Å²) in [5.74, 6) is -3.93. The van der Waals surface area contributed by atoms with E-state index < -0.39 is 60.7 Å². The van der Waals surface area contributed by atoms with E-state index >= 15 is 0 Å². The Balaban J connectivity index is 1.67. The second-order valence-electron chi connectivity index (χ2n) is 9.26. The summed E-state index contributed by atoms with van der Waals surface area (Å²) >= 11 is 0.